The van der Waals surface area contributed by atoms with Crippen molar-refractivity contribution in [2.75, 3.05) is 12.8 Å². The third kappa shape index (κ3) is 17.3. The average molecular weight is 265 g/mol. The molecule has 0 unspecified atom stereocenters. The first kappa shape index (κ1) is 18.1. The van der Waals surface area contributed by atoms with Crippen LogP contribution in [0, 0.1) is 0 Å². The van der Waals surface area contributed by atoms with Gasteiger partial charge in [0.2, 0.25) is 0 Å². The molecular formula is C9H19N3O4S. The van der Waals surface area contributed by atoms with Gasteiger partial charge in [-0.25, -0.2) is 0 Å². The molecule has 0 aliphatic carbocycles. The van der Waals surface area contributed by atoms with E-state index in [-0.39, 0.29) is 0 Å². The minimum absolute atomic E-state index is 0.431. The Morgan fingerprint density at radius 2 is 1.88 bits per heavy atom. The van der Waals surface area contributed by atoms with Crippen LogP contribution < -0.4 is 11.5 Å². The smallest absolute Gasteiger partial charge is 0.320 e. The minimum Gasteiger partial charge on any atom is -0.481 e. The summed E-state index contributed by atoms with van der Waals surface area (Å²) < 4.78 is 0. The number of aliphatic imine (C=N–C) groups is 1. The second kappa shape index (κ2) is 11.2. The summed E-state index contributed by atoms with van der Waals surface area (Å²) in [6.07, 6.45) is 2.91. The van der Waals surface area contributed by atoms with E-state index in [0.29, 0.717) is 24.6 Å². The van der Waals surface area contributed by atoms with Crippen LogP contribution in [0.15, 0.2) is 4.99 Å². The van der Waals surface area contributed by atoms with Gasteiger partial charge in [0.25, 0.3) is 5.97 Å². The van der Waals surface area contributed by atoms with Gasteiger partial charge < -0.3 is 21.7 Å². The molecule has 0 aromatic carbocycles. The second-order valence-corrected chi connectivity index (χ2v) is 3.86. The Bertz CT molecular complexity index is 267. The molecular weight excluding hydrogens is 246 g/mol. The van der Waals surface area contributed by atoms with Gasteiger partial charge in [-0.3, -0.25) is 14.6 Å². The molecule has 0 saturated heterocycles. The lowest BCUT2D eigenvalue weighted by molar-refractivity contribution is -0.138. The van der Waals surface area contributed by atoms with Crippen LogP contribution in [0.4, 0.5) is 0 Å². The maximum Gasteiger partial charge on any atom is 0.320 e. The Hall–Kier alpha value is -1.28. The number of nitrogens with zero attached hydrogens (tertiary/aromatic N) is 1. The molecule has 0 spiro atoms. The third-order valence-corrected chi connectivity index (χ3v) is 2.01. The third-order valence-electron chi connectivity index (χ3n) is 1.47. The van der Waals surface area contributed by atoms with Crippen molar-refractivity contribution in [2.45, 2.75) is 25.8 Å². The van der Waals surface area contributed by atoms with Crippen LogP contribution in [-0.2, 0) is 9.59 Å². The largest absolute Gasteiger partial charge is 0.481 e. The summed E-state index contributed by atoms with van der Waals surface area (Å²) in [6, 6.07) is -0.786. The zero-order chi connectivity index (χ0) is 13.8. The quantitative estimate of drug-likeness (QED) is 0.310. The summed E-state index contributed by atoms with van der Waals surface area (Å²) in [5.41, 5.74) is 10.7. The van der Waals surface area contributed by atoms with Gasteiger partial charge in [0.15, 0.2) is 5.17 Å². The van der Waals surface area contributed by atoms with Gasteiger partial charge in [0, 0.05) is 13.5 Å². The monoisotopic (exact) mass is 265 g/mol. The molecule has 0 aromatic heterocycles. The fourth-order valence-electron chi connectivity index (χ4n) is 0.688. The van der Waals surface area contributed by atoms with E-state index in [9.17, 15) is 4.79 Å². The van der Waals surface area contributed by atoms with E-state index < -0.39 is 18.0 Å². The fourth-order valence-corrected chi connectivity index (χ4v) is 0.909. The fraction of sp³-hybridized carbons (Fsp3) is 0.667. The molecule has 6 N–H and O–H groups in total. The molecule has 17 heavy (non-hydrogen) atoms. The zero-order valence-corrected chi connectivity index (χ0v) is 10.7. The van der Waals surface area contributed by atoms with Gasteiger partial charge >= 0.3 is 5.97 Å². The van der Waals surface area contributed by atoms with Gasteiger partial charge in [-0.15, -0.1) is 0 Å². The van der Waals surface area contributed by atoms with E-state index >= 15 is 0 Å². The summed E-state index contributed by atoms with van der Waals surface area (Å²) in [5.74, 6) is -1.80. The SMILES string of the molecule is CC(=O)O.CSC(N)=NCCC[C@H](N)C(=O)O. The van der Waals surface area contributed by atoms with E-state index in [1.807, 2.05) is 6.26 Å². The summed E-state index contributed by atoms with van der Waals surface area (Å²) >= 11 is 1.37. The highest BCUT2D eigenvalue weighted by Crippen LogP contribution is 1.97. The highest BCUT2D eigenvalue weighted by molar-refractivity contribution is 8.13. The number of hydrogen-bond donors (Lipinski definition) is 4. The Morgan fingerprint density at radius 1 is 1.41 bits per heavy atom. The van der Waals surface area contributed by atoms with Crippen LogP contribution in [0.2, 0.25) is 0 Å². The van der Waals surface area contributed by atoms with Crippen molar-refractivity contribution in [1.82, 2.24) is 0 Å². The van der Waals surface area contributed by atoms with Crippen LogP contribution in [-0.4, -0.2) is 46.2 Å². The maximum absolute atomic E-state index is 10.3. The van der Waals surface area contributed by atoms with Crippen molar-refractivity contribution in [2.24, 2.45) is 16.5 Å². The Labute approximate surface area is 104 Å². The number of rotatable bonds is 5. The zero-order valence-electron chi connectivity index (χ0n) is 9.92. The lowest BCUT2D eigenvalue weighted by Gasteiger charge is -2.03. The average Bonchev–Trinajstić information content (AvgIpc) is 2.22. The number of aliphatic carboxylic acids is 2. The highest BCUT2D eigenvalue weighted by atomic mass is 32.2. The van der Waals surface area contributed by atoms with E-state index in [4.69, 9.17) is 26.5 Å². The number of amidine groups is 1. The Morgan fingerprint density at radius 3 is 2.24 bits per heavy atom. The second-order valence-electron chi connectivity index (χ2n) is 3.03. The molecule has 7 nitrogen and oxygen atoms in total. The van der Waals surface area contributed by atoms with E-state index in [2.05, 4.69) is 4.99 Å². The molecule has 100 valence electrons. The summed E-state index contributed by atoms with van der Waals surface area (Å²) in [6.45, 7) is 1.62. The van der Waals surface area contributed by atoms with Crippen molar-refractivity contribution < 1.29 is 19.8 Å². The van der Waals surface area contributed by atoms with Crippen LogP contribution in [0.25, 0.3) is 0 Å². The van der Waals surface area contributed by atoms with Crippen molar-refractivity contribution in [3.63, 3.8) is 0 Å². The van der Waals surface area contributed by atoms with Gasteiger partial charge in [-0.05, 0) is 19.1 Å². The standard InChI is InChI=1S/C7H15N3O2S.C2H4O2/c1-13-7(9)10-4-2-3-5(8)6(11)12;1-2(3)4/h5H,2-4,8H2,1H3,(H2,9,10)(H,11,12);1H3,(H,3,4)/t5-;/m0./s1. The molecule has 0 aliphatic rings. The maximum atomic E-state index is 10.3. The van der Waals surface area contributed by atoms with Gasteiger partial charge in [0.1, 0.15) is 6.04 Å². The van der Waals surface area contributed by atoms with Gasteiger partial charge in [-0.2, -0.15) is 0 Å². The number of thioether (sulfide) groups is 1. The Balaban J connectivity index is 0. The molecule has 0 aliphatic heterocycles. The van der Waals surface area contributed by atoms with E-state index in [1.54, 1.807) is 0 Å². The minimum atomic E-state index is -0.971. The first-order chi connectivity index (χ1) is 7.81. The summed E-state index contributed by atoms with van der Waals surface area (Å²) in [7, 11) is 0. The van der Waals surface area contributed by atoms with Gasteiger partial charge in [0.05, 0.1) is 0 Å². The van der Waals surface area contributed by atoms with Crippen molar-refractivity contribution in [1.29, 1.82) is 0 Å². The van der Waals surface area contributed by atoms with Crippen LogP contribution in [0.5, 0.6) is 0 Å². The number of carbonyl (C=O) groups is 2. The summed E-state index contributed by atoms with van der Waals surface area (Å²) in [4.78, 5) is 23.3. The molecule has 0 saturated carbocycles. The number of nitrogens with two attached hydrogens (primary N) is 2. The molecule has 0 amide bonds. The Kier molecular flexibility index (Phi) is 11.9. The number of hydrogen-bond acceptors (Lipinski definition) is 5. The normalized spacial score (nSPS) is 12.3. The van der Waals surface area contributed by atoms with Crippen LogP contribution in [0.1, 0.15) is 19.8 Å². The first-order valence-corrected chi connectivity index (χ1v) is 6.05. The van der Waals surface area contributed by atoms with E-state index in [1.165, 1.54) is 11.8 Å². The molecule has 1 atom stereocenters. The van der Waals surface area contributed by atoms with Crippen LogP contribution in [0.3, 0.4) is 0 Å². The predicted octanol–water partition coefficient (Wildman–Crippen LogP) is -0.0529. The van der Waals surface area contributed by atoms with Crippen molar-refractivity contribution >= 4 is 28.9 Å². The predicted molar refractivity (Wildman–Crippen MR) is 68.2 cm³/mol. The van der Waals surface area contributed by atoms with Crippen LogP contribution >= 0.6 is 11.8 Å². The molecule has 0 bridgehead atoms. The molecule has 0 rings (SSSR count). The number of carboxylic acid groups (broad SMARTS) is 2. The molecule has 0 aromatic rings. The molecule has 8 heteroatoms. The lowest BCUT2D eigenvalue weighted by atomic mass is 10.2. The van der Waals surface area contributed by atoms with E-state index in [0.717, 1.165) is 6.92 Å². The number of carboxylic acids is 2. The highest BCUT2D eigenvalue weighted by Gasteiger charge is 2.09. The molecule has 0 fully saturated rings. The molecule has 0 heterocycles. The lowest BCUT2D eigenvalue weighted by Crippen LogP contribution is -2.30. The topological polar surface area (TPSA) is 139 Å². The molecule has 0 radical (unpaired) electrons. The first-order valence-electron chi connectivity index (χ1n) is 4.83. The van der Waals surface area contributed by atoms with Crippen molar-refractivity contribution in [3.8, 4) is 0 Å². The van der Waals surface area contributed by atoms with Crippen molar-refractivity contribution in [3.05, 3.63) is 0 Å². The summed E-state index contributed by atoms with van der Waals surface area (Å²) in [5, 5.41) is 16.4. The van der Waals surface area contributed by atoms with Gasteiger partial charge in [-0.1, -0.05) is 11.8 Å².